The zero-order valence-electron chi connectivity index (χ0n) is 16.3. The zero-order chi connectivity index (χ0) is 20.9. The minimum absolute atomic E-state index is 0.00846. The fourth-order valence-electron chi connectivity index (χ4n) is 3.88. The van der Waals surface area contributed by atoms with E-state index in [1.165, 1.54) is 12.7 Å². The number of carbonyl (C=O) groups excluding carboxylic acids is 1. The number of rotatable bonds is 4. The Morgan fingerprint density at radius 3 is 2.77 bits per heavy atom. The third kappa shape index (κ3) is 3.18. The van der Waals surface area contributed by atoms with Crippen LogP contribution in [-0.2, 0) is 18.9 Å². The Bertz CT molecular complexity index is 1140. The van der Waals surface area contributed by atoms with Gasteiger partial charge in [0.15, 0.2) is 23.2 Å². The van der Waals surface area contributed by atoms with E-state index < -0.39 is 36.3 Å². The summed E-state index contributed by atoms with van der Waals surface area (Å²) in [6.45, 7) is 3.61. The van der Waals surface area contributed by atoms with Crippen LogP contribution < -0.4 is 5.56 Å². The maximum absolute atomic E-state index is 12.3. The number of imidazole rings is 1. The van der Waals surface area contributed by atoms with Crippen LogP contribution in [0, 0.1) is 0 Å². The molecule has 0 amide bonds. The van der Waals surface area contributed by atoms with E-state index >= 15 is 0 Å². The van der Waals surface area contributed by atoms with E-state index in [0.29, 0.717) is 11.2 Å². The predicted molar refractivity (Wildman–Crippen MR) is 103 cm³/mol. The van der Waals surface area contributed by atoms with Gasteiger partial charge in [-0.15, -0.1) is 0 Å². The van der Waals surface area contributed by atoms with Crippen LogP contribution in [0.15, 0.2) is 47.8 Å². The first kappa shape index (κ1) is 18.9. The first-order chi connectivity index (χ1) is 14.4. The van der Waals surface area contributed by atoms with Gasteiger partial charge in [-0.25, -0.2) is 14.8 Å². The Balaban J connectivity index is 1.40. The van der Waals surface area contributed by atoms with Crippen LogP contribution in [0.2, 0.25) is 0 Å². The molecule has 0 saturated carbocycles. The van der Waals surface area contributed by atoms with Crippen molar-refractivity contribution in [2.24, 2.45) is 0 Å². The topological polar surface area (TPSA) is 118 Å². The van der Waals surface area contributed by atoms with Gasteiger partial charge in [-0.3, -0.25) is 9.36 Å². The number of hydrogen-bond acceptors (Lipinski definition) is 8. The average Bonchev–Trinajstić information content (AvgIpc) is 3.38. The minimum atomic E-state index is -0.833. The van der Waals surface area contributed by atoms with Gasteiger partial charge in [0.25, 0.3) is 5.56 Å². The van der Waals surface area contributed by atoms with Crippen LogP contribution in [0.4, 0.5) is 0 Å². The number of H-pyrrole nitrogens is 1. The SMILES string of the molecule is CC1(C)O[C@H]2[C@H](O1)[C@@H](n1cnc3c(=O)[nH]cnc31)O[C@H]2COC(=O)c1ccccc1. The first-order valence-corrected chi connectivity index (χ1v) is 9.56. The van der Waals surface area contributed by atoms with Crippen molar-refractivity contribution in [3.8, 4) is 0 Å². The van der Waals surface area contributed by atoms with Gasteiger partial charge in [0.1, 0.15) is 24.9 Å². The fourth-order valence-corrected chi connectivity index (χ4v) is 3.88. The second-order valence-corrected chi connectivity index (χ2v) is 7.65. The summed E-state index contributed by atoms with van der Waals surface area (Å²) in [4.78, 5) is 35.2. The number of nitrogens with zero attached hydrogens (tertiary/aromatic N) is 3. The monoisotopic (exact) mass is 412 g/mol. The quantitative estimate of drug-likeness (QED) is 0.639. The summed E-state index contributed by atoms with van der Waals surface area (Å²) >= 11 is 0. The molecule has 2 aliphatic rings. The molecule has 0 radical (unpaired) electrons. The lowest BCUT2D eigenvalue weighted by molar-refractivity contribution is -0.199. The van der Waals surface area contributed by atoms with Gasteiger partial charge in [-0.05, 0) is 26.0 Å². The fraction of sp³-hybridized carbons (Fsp3) is 0.400. The van der Waals surface area contributed by atoms with Crippen molar-refractivity contribution < 1.29 is 23.7 Å². The van der Waals surface area contributed by atoms with Gasteiger partial charge in [-0.2, -0.15) is 0 Å². The number of esters is 1. The summed E-state index contributed by atoms with van der Waals surface area (Å²) in [6, 6.07) is 8.73. The molecular weight excluding hydrogens is 392 g/mol. The number of aromatic nitrogens is 4. The van der Waals surface area contributed by atoms with E-state index in [9.17, 15) is 9.59 Å². The molecule has 0 unspecified atom stereocenters. The smallest absolute Gasteiger partial charge is 0.338 e. The van der Waals surface area contributed by atoms with Gasteiger partial charge in [0.05, 0.1) is 18.2 Å². The predicted octanol–water partition coefficient (Wildman–Crippen LogP) is 1.39. The van der Waals surface area contributed by atoms with Crippen molar-refractivity contribution in [3.05, 3.63) is 58.9 Å². The van der Waals surface area contributed by atoms with E-state index in [-0.39, 0.29) is 17.7 Å². The van der Waals surface area contributed by atoms with Crippen LogP contribution in [0.5, 0.6) is 0 Å². The second-order valence-electron chi connectivity index (χ2n) is 7.65. The third-order valence-corrected chi connectivity index (χ3v) is 5.15. The van der Waals surface area contributed by atoms with Gasteiger partial charge in [-0.1, -0.05) is 18.2 Å². The van der Waals surface area contributed by atoms with Crippen LogP contribution >= 0.6 is 0 Å². The molecule has 30 heavy (non-hydrogen) atoms. The van der Waals surface area contributed by atoms with E-state index in [4.69, 9.17) is 18.9 Å². The second kappa shape index (κ2) is 7.01. The van der Waals surface area contributed by atoms with Crippen molar-refractivity contribution in [1.29, 1.82) is 0 Å². The molecule has 0 bridgehead atoms. The Hall–Kier alpha value is -3.08. The lowest BCUT2D eigenvalue weighted by atomic mass is 10.1. The summed E-state index contributed by atoms with van der Waals surface area (Å²) in [5.41, 5.74) is 0.689. The average molecular weight is 412 g/mol. The van der Waals surface area contributed by atoms with E-state index in [0.717, 1.165) is 0 Å². The molecule has 0 aliphatic carbocycles. The van der Waals surface area contributed by atoms with Crippen molar-refractivity contribution in [1.82, 2.24) is 19.5 Å². The molecular formula is C20H20N4O6. The minimum Gasteiger partial charge on any atom is -0.459 e. The number of carbonyl (C=O) groups is 1. The highest BCUT2D eigenvalue weighted by atomic mass is 16.8. The molecule has 4 atom stereocenters. The molecule has 2 fully saturated rings. The van der Waals surface area contributed by atoms with Gasteiger partial charge >= 0.3 is 5.97 Å². The maximum atomic E-state index is 12.3. The molecule has 2 aromatic heterocycles. The molecule has 3 aromatic rings. The number of benzene rings is 1. The summed E-state index contributed by atoms with van der Waals surface area (Å²) in [7, 11) is 0. The molecule has 2 saturated heterocycles. The standard InChI is InChI=1S/C20H20N4O6/c1-20(2)29-14-12(8-27-19(26)11-6-4-3-5-7-11)28-18(15(14)30-20)24-10-23-13-16(24)21-9-22-17(13)25/h3-7,9-10,12,14-15,18H,8H2,1-2H3,(H,21,22,25)/t12-,14+,15-,18-/m0/s1. The third-order valence-electron chi connectivity index (χ3n) is 5.15. The Morgan fingerprint density at radius 1 is 1.20 bits per heavy atom. The summed E-state index contributed by atoms with van der Waals surface area (Å²) in [6.07, 6.45) is 0.642. The highest BCUT2D eigenvalue weighted by Crippen LogP contribution is 2.43. The maximum Gasteiger partial charge on any atom is 0.338 e. The van der Waals surface area contributed by atoms with Gasteiger partial charge in [0, 0.05) is 0 Å². The Kier molecular flexibility index (Phi) is 4.42. The first-order valence-electron chi connectivity index (χ1n) is 9.56. The normalized spacial score (nSPS) is 27.3. The molecule has 4 heterocycles. The van der Waals surface area contributed by atoms with Crippen molar-refractivity contribution >= 4 is 17.1 Å². The van der Waals surface area contributed by atoms with E-state index in [2.05, 4.69) is 15.0 Å². The highest BCUT2D eigenvalue weighted by molar-refractivity contribution is 5.89. The zero-order valence-corrected chi connectivity index (χ0v) is 16.3. The van der Waals surface area contributed by atoms with E-state index in [1.807, 2.05) is 19.9 Å². The molecule has 5 rings (SSSR count). The van der Waals surface area contributed by atoms with Crippen LogP contribution in [0.1, 0.15) is 30.4 Å². The molecule has 2 aliphatic heterocycles. The number of fused-ring (bicyclic) bond motifs is 2. The van der Waals surface area contributed by atoms with Crippen LogP contribution in [-0.4, -0.2) is 56.2 Å². The lowest BCUT2D eigenvalue weighted by Gasteiger charge is -2.24. The molecule has 156 valence electrons. The lowest BCUT2D eigenvalue weighted by Crippen LogP contribution is -2.33. The molecule has 1 N–H and O–H groups in total. The summed E-state index contributed by atoms with van der Waals surface area (Å²) in [5, 5.41) is 0. The molecule has 10 nitrogen and oxygen atoms in total. The van der Waals surface area contributed by atoms with Gasteiger partial charge in [0.2, 0.25) is 0 Å². The number of nitrogens with one attached hydrogen (secondary N) is 1. The highest BCUT2D eigenvalue weighted by Gasteiger charge is 2.56. The van der Waals surface area contributed by atoms with Gasteiger partial charge < -0.3 is 23.9 Å². The molecule has 1 aromatic carbocycles. The molecule has 10 heteroatoms. The van der Waals surface area contributed by atoms with Crippen LogP contribution in [0.25, 0.3) is 11.2 Å². The Labute approximate surface area is 170 Å². The summed E-state index contributed by atoms with van der Waals surface area (Å²) in [5.74, 6) is -1.28. The van der Waals surface area contributed by atoms with E-state index in [1.54, 1.807) is 28.8 Å². The largest absolute Gasteiger partial charge is 0.459 e. The van der Waals surface area contributed by atoms with Crippen molar-refractivity contribution in [3.63, 3.8) is 0 Å². The summed E-state index contributed by atoms with van der Waals surface area (Å²) < 4.78 is 25.3. The Morgan fingerprint density at radius 2 is 1.97 bits per heavy atom. The van der Waals surface area contributed by atoms with Crippen LogP contribution in [0.3, 0.4) is 0 Å². The number of aromatic amines is 1. The van der Waals surface area contributed by atoms with Crippen molar-refractivity contribution in [2.75, 3.05) is 6.61 Å². The van der Waals surface area contributed by atoms with Crippen molar-refractivity contribution in [2.45, 2.75) is 44.2 Å². The number of hydrogen-bond donors (Lipinski definition) is 1. The number of ether oxygens (including phenoxy) is 4. The molecule has 0 spiro atoms.